The summed E-state index contributed by atoms with van der Waals surface area (Å²) in [7, 11) is 0. The van der Waals surface area contributed by atoms with Gasteiger partial charge in [-0.3, -0.25) is 0 Å². The van der Waals surface area contributed by atoms with Crippen LogP contribution in [0.5, 0.6) is 5.75 Å². The van der Waals surface area contributed by atoms with Crippen LogP contribution in [0.4, 0.5) is 5.69 Å². The first-order valence-corrected chi connectivity index (χ1v) is 7.15. The molecule has 0 saturated heterocycles. The fourth-order valence-electron chi connectivity index (χ4n) is 1.77. The summed E-state index contributed by atoms with van der Waals surface area (Å²) in [4.78, 5) is 0. The van der Waals surface area contributed by atoms with E-state index in [2.05, 4.69) is 15.9 Å². The summed E-state index contributed by atoms with van der Waals surface area (Å²) in [5.41, 5.74) is 8.23. The molecule has 2 nitrogen and oxygen atoms in total. The van der Waals surface area contributed by atoms with Gasteiger partial charge >= 0.3 is 0 Å². The van der Waals surface area contributed by atoms with Gasteiger partial charge in [-0.05, 0) is 36.8 Å². The third-order valence-electron chi connectivity index (χ3n) is 2.69. The molecule has 0 aliphatic carbocycles. The largest absolute Gasteiger partial charge is 0.486 e. The van der Waals surface area contributed by atoms with Crippen molar-refractivity contribution in [1.29, 1.82) is 0 Å². The highest BCUT2D eigenvalue weighted by Gasteiger charge is 2.10. The molecule has 2 N–H and O–H groups in total. The summed E-state index contributed by atoms with van der Waals surface area (Å²) >= 11 is 15.6. The predicted molar refractivity (Wildman–Crippen MR) is 84.1 cm³/mol. The van der Waals surface area contributed by atoms with Crippen LogP contribution in [0.25, 0.3) is 0 Å². The Morgan fingerprint density at radius 1 is 1.21 bits per heavy atom. The summed E-state index contributed by atoms with van der Waals surface area (Å²) in [6, 6.07) is 9.11. The number of anilines is 1. The number of nitrogens with two attached hydrogens (primary N) is 1. The molecule has 0 spiro atoms. The van der Waals surface area contributed by atoms with Gasteiger partial charge in [-0.2, -0.15) is 0 Å². The molecule has 0 atom stereocenters. The Kier molecular flexibility index (Phi) is 4.61. The molecule has 0 radical (unpaired) electrons. The van der Waals surface area contributed by atoms with E-state index < -0.39 is 0 Å². The second kappa shape index (κ2) is 6.04. The maximum atomic E-state index is 6.10. The highest BCUT2D eigenvalue weighted by molar-refractivity contribution is 9.10. The quantitative estimate of drug-likeness (QED) is 0.761. The van der Waals surface area contributed by atoms with Gasteiger partial charge in [0.1, 0.15) is 12.4 Å². The minimum absolute atomic E-state index is 0.283. The highest BCUT2D eigenvalue weighted by Crippen LogP contribution is 2.32. The molecule has 0 fully saturated rings. The molecule has 0 aromatic heterocycles. The number of hydrogen-bond donors (Lipinski definition) is 1. The number of rotatable bonds is 3. The first-order chi connectivity index (χ1) is 8.99. The Balaban J connectivity index is 2.24. The number of benzene rings is 2. The number of nitrogen functional groups attached to an aromatic ring is 1. The maximum Gasteiger partial charge on any atom is 0.145 e. The maximum absolute atomic E-state index is 6.10. The van der Waals surface area contributed by atoms with E-state index in [1.165, 1.54) is 0 Å². The van der Waals surface area contributed by atoms with Gasteiger partial charge in [0.2, 0.25) is 0 Å². The Morgan fingerprint density at radius 3 is 2.42 bits per heavy atom. The molecular formula is C14H12BrCl2NO. The average Bonchev–Trinajstić information content (AvgIpc) is 2.31. The molecule has 19 heavy (non-hydrogen) atoms. The van der Waals surface area contributed by atoms with Gasteiger partial charge in [0.25, 0.3) is 0 Å². The SMILES string of the molecule is Cc1cc(Br)cc(N)c1OCc1c(Cl)cccc1Cl. The molecule has 0 aliphatic rings. The number of aryl methyl sites for hydroxylation is 1. The average molecular weight is 361 g/mol. The first-order valence-electron chi connectivity index (χ1n) is 5.60. The van der Waals surface area contributed by atoms with Crippen LogP contribution < -0.4 is 10.5 Å². The number of ether oxygens (including phenoxy) is 1. The molecule has 0 saturated carbocycles. The Hall–Kier alpha value is -0.900. The zero-order valence-corrected chi connectivity index (χ0v) is 13.3. The molecule has 100 valence electrons. The molecule has 5 heteroatoms. The molecule has 0 bridgehead atoms. The fraction of sp³-hybridized carbons (Fsp3) is 0.143. The third-order valence-corrected chi connectivity index (χ3v) is 3.86. The van der Waals surface area contributed by atoms with Crippen molar-refractivity contribution < 1.29 is 4.74 Å². The second-order valence-electron chi connectivity index (χ2n) is 4.13. The summed E-state index contributed by atoms with van der Waals surface area (Å²) in [5.74, 6) is 0.652. The van der Waals surface area contributed by atoms with Crippen LogP contribution in [0.3, 0.4) is 0 Å². The summed E-state index contributed by atoms with van der Waals surface area (Å²) in [5, 5.41) is 1.17. The van der Waals surface area contributed by atoms with Crippen molar-refractivity contribution in [3.63, 3.8) is 0 Å². The lowest BCUT2D eigenvalue weighted by Crippen LogP contribution is -2.02. The lowest BCUT2D eigenvalue weighted by molar-refractivity contribution is 0.306. The van der Waals surface area contributed by atoms with E-state index in [9.17, 15) is 0 Å². The van der Waals surface area contributed by atoms with E-state index in [0.29, 0.717) is 21.5 Å². The summed E-state index contributed by atoms with van der Waals surface area (Å²) in [6.45, 7) is 2.22. The van der Waals surface area contributed by atoms with Gasteiger partial charge in [0.05, 0.1) is 5.69 Å². The van der Waals surface area contributed by atoms with E-state index >= 15 is 0 Å². The first kappa shape index (κ1) is 14.5. The molecule has 2 rings (SSSR count). The Bertz CT molecular complexity index is 573. The van der Waals surface area contributed by atoms with Crippen molar-refractivity contribution >= 4 is 44.8 Å². The minimum Gasteiger partial charge on any atom is -0.486 e. The molecular weight excluding hydrogens is 349 g/mol. The van der Waals surface area contributed by atoms with E-state index in [1.807, 2.05) is 13.0 Å². The number of hydrogen-bond acceptors (Lipinski definition) is 2. The van der Waals surface area contributed by atoms with Crippen molar-refractivity contribution in [2.45, 2.75) is 13.5 Å². The van der Waals surface area contributed by atoms with Crippen molar-refractivity contribution in [2.24, 2.45) is 0 Å². The lowest BCUT2D eigenvalue weighted by atomic mass is 10.2. The monoisotopic (exact) mass is 359 g/mol. The zero-order chi connectivity index (χ0) is 14.0. The Labute approximate surface area is 130 Å². The van der Waals surface area contributed by atoms with Crippen LogP contribution >= 0.6 is 39.1 Å². The molecule has 2 aromatic carbocycles. The third kappa shape index (κ3) is 3.35. The van der Waals surface area contributed by atoms with E-state index in [4.69, 9.17) is 33.7 Å². The second-order valence-corrected chi connectivity index (χ2v) is 5.86. The fourth-order valence-corrected chi connectivity index (χ4v) is 2.86. The summed E-state index contributed by atoms with van der Waals surface area (Å²) in [6.07, 6.45) is 0. The van der Waals surface area contributed by atoms with Crippen LogP contribution in [-0.2, 0) is 6.61 Å². The summed E-state index contributed by atoms with van der Waals surface area (Å²) < 4.78 is 6.68. The topological polar surface area (TPSA) is 35.2 Å². The van der Waals surface area contributed by atoms with E-state index in [-0.39, 0.29) is 6.61 Å². The van der Waals surface area contributed by atoms with Crippen molar-refractivity contribution in [2.75, 3.05) is 5.73 Å². The van der Waals surface area contributed by atoms with Gasteiger partial charge in [-0.25, -0.2) is 0 Å². The standard InChI is InChI=1S/C14H12BrCl2NO/c1-8-5-9(15)6-13(18)14(8)19-7-10-11(16)3-2-4-12(10)17/h2-6H,7,18H2,1H3. The van der Waals surface area contributed by atoms with Crippen LogP contribution in [-0.4, -0.2) is 0 Å². The van der Waals surface area contributed by atoms with Crippen molar-refractivity contribution in [1.82, 2.24) is 0 Å². The van der Waals surface area contributed by atoms with Gasteiger partial charge in [-0.15, -0.1) is 0 Å². The van der Waals surface area contributed by atoms with Crippen LogP contribution in [0.15, 0.2) is 34.8 Å². The molecule has 0 unspecified atom stereocenters. The van der Waals surface area contributed by atoms with Gasteiger partial charge < -0.3 is 10.5 Å². The van der Waals surface area contributed by atoms with Crippen molar-refractivity contribution in [3.8, 4) is 5.75 Å². The normalized spacial score (nSPS) is 10.5. The van der Waals surface area contributed by atoms with Crippen LogP contribution in [0.1, 0.15) is 11.1 Å². The van der Waals surface area contributed by atoms with Crippen molar-refractivity contribution in [3.05, 3.63) is 56.0 Å². The minimum atomic E-state index is 0.283. The van der Waals surface area contributed by atoms with Gasteiger partial charge in [0, 0.05) is 20.1 Å². The molecule has 0 amide bonds. The van der Waals surface area contributed by atoms with Crippen LogP contribution in [0, 0.1) is 6.92 Å². The zero-order valence-electron chi connectivity index (χ0n) is 10.2. The van der Waals surface area contributed by atoms with Gasteiger partial charge in [0.15, 0.2) is 0 Å². The smallest absolute Gasteiger partial charge is 0.145 e. The van der Waals surface area contributed by atoms with Gasteiger partial charge in [-0.1, -0.05) is 45.2 Å². The van der Waals surface area contributed by atoms with E-state index in [1.54, 1.807) is 24.3 Å². The predicted octanol–water partition coefficient (Wildman–Crippen LogP) is 5.23. The van der Waals surface area contributed by atoms with Crippen LogP contribution in [0.2, 0.25) is 10.0 Å². The number of halogens is 3. The molecule has 2 aromatic rings. The molecule has 0 heterocycles. The van der Waals surface area contributed by atoms with E-state index in [0.717, 1.165) is 15.6 Å². The lowest BCUT2D eigenvalue weighted by Gasteiger charge is -2.14. The Morgan fingerprint density at radius 2 is 1.84 bits per heavy atom. The highest BCUT2D eigenvalue weighted by atomic mass is 79.9. The molecule has 0 aliphatic heterocycles.